The van der Waals surface area contributed by atoms with Crippen LogP contribution in [0.2, 0.25) is 0 Å². The Bertz CT molecular complexity index is 440. The zero-order chi connectivity index (χ0) is 11.4. The van der Waals surface area contributed by atoms with Crippen LogP contribution in [-0.2, 0) is 6.42 Å². The average Bonchev–Trinajstić information content (AvgIpc) is 2.20. The van der Waals surface area contributed by atoms with Crippen molar-refractivity contribution in [3.8, 4) is 11.8 Å². The van der Waals surface area contributed by atoms with E-state index in [2.05, 4.69) is 0 Å². The zero-order valence-corrected chi connectivity index (χ0v) is 7.86. The topological polar surface area (TPSA) is 76.2 Å². The Labute approximate surface area is 84.9 Å². The van der Waals surface area contributed by atoms with Gasteiger partial charge in [-0.05, 0) is 12.1 Å². The normalized spacial score (nSPS) is 9.40. The van der Waals surface area contributed by atoms with Gasteiger partial charge in [0.15, 0.2) is 5.75 Å². The van der Waals surface area contributed by atoms with Crippen LogP contribution in [0.3, 0.4) is 0 Å². The summed E-state index contributed by atoms with van der Waals surface area (Å²) in [6.07, 6.45) is -0.362. The van der Waals surface area contributed by atoms with E-state index in [0.717, 1.165) is 12.1 Å². The van der Waals surface area contributed by atoms with E-state index in [0.29, 0.717) is 0 Å². The van der Waals surface area contributed by atoms with Gasteiger partial charge in [0.05, 0.1) is 30.1 Å². The van der Waals surface area contributed by atoms with Crippen molar-refractivity contribution in [1.82, 2.24) is 0 Å². The molecule has 0 amide bonds. The third-order valence-corrected chi connectivity index (χ3v) is 1.85. The fraction of sp³-hybridized carbons (Fsp3) is 0.222. The first-order valence-corrected chi connectivity index (χ1v) is 3.98. The van der Waals surface area contributed by atoms with Gasteiger partial charge in [-0.25, -0.2) is 4.39 Å². The molecule has 0 unspecified atom stereocenters. The minimum atomic E-state index is -0.774. The van der Waals surface area contributed by atoms with Gasteiger partial charge < -0.3 is 4.74 Å². The number of rotatable bonds is 3. The smallest absolute Gasteiger partial charge is 0.318 e. The van der Waals surface area contributed by atoms with E-state index < -0.39 is 16.4 Å². The molecule has 0 aliphatic heterocycles. The number of halogens is 1. The molecule has 0 aliphatic carbocycles. The summed E-state index contributed by atoms with van der Waals surface area (Å²) in [6, 6.07) is 3.87. The van der Waals surface area contributed by atoms with Crippen LogP contribution in [-0.4, -0.2) is 12.0 Å². The first-order chi connectivity index (χ1) is 7.11. The predicted octanol–water partition coefficient (Wildman–Crippen LogP) is 1.81. The molecule has 0 bridgehead atoms. The van der Waals surface area contributed by atoms with Crippen molar-refractivity contribution < 1.29 is 14.1 Å². The first-order valence-electron chi connectivity index (χ1n) is 3.98. The molecule has 15 heavy (non-hydrogen) atoms. The summed E-state index contributed by atoms with van der Waals surface area (Å²) in [6.45, 7) is 0. The lowest BCUT2D eigenvalue weighted by atomic mass is 10.1. The summed E-state index contributed by atoms with van der Waals surface area (Å²) in [5.74, 6) is -0.823. The molecule has 0 atom stereocenters. The summed E-state index contributed by atoms with van der Waals surface area (Å²) in [7, 11) is 1.25. The number of nitro benzene ring substituents is 1. The summed E-state index contributed by atoms with van der Waals surface area (Å²) in [4.78, 5) is 9.92. The monoisotopic (exact) mass is 210 g/mol. The van der Waals surface area contributed by atoms with Crippen LogP contribution >= 0.6 is 0 Å². The van der Waals surface area contributed by atoms with Gasteiger partial charge in [0.25, 0.3) is 0 Å². The Morgan fingerprint density at radius 1 is 1.67 bits per heavy atom. The number of benzene rings is 1. The molecular weight excluding hydrogens is 203 g/mol. The van der Waals surface area contributed by atoms with Crippen LogP contribution < -0.4 is 4.74 Å². The Hall–Kier alpha value is -2.16. The van der Waals surface area contributed by atoms with E-state index in [-0.39, 0.29) is 17.7 Å². The van der Waals surface area contributed by atoms with Crippen molar-refractivity contribution in [1.29, 1.82) is 5.26 Å². The number of hydrogen-bond donors (Lipinski definition) is 0. The molecule has 0 N–H and O–H groups in total. The molecule has 1 aromatic rings. The number of nitrogens with zero attached hydrogens (tertiary/aromatic N) is 2. The first kappa shape index (κ1) is 10.9. The summed E-state index contributed by atoms with van der Waals surface area (Å²) in [5, 5.41) is 19.1. The molecule has 0 heterocycles. The van der Waals surface area contributed by atoms with Crippen LogP contribution in [0, 0.1) is 27.3 Å². The highest BCUT2D eigenvalue weighted by molar-refractivity contribution is 5.54. The van der Waals surface area contributed by atoms with Gasteiger partial charge in [0, 0.05) is 0 Å². The van der Waals surface area contributed by atoms with E-state index in [1.165, 1.54) is 7.11 Å². The lowest BCUT2D eigenvalue weighted by Crippen LogP contribution is -2.01. The Morgan fingerprint density at radius 2 is 2.33 bits per heavy atom. The van der Waals surface area contributed by atoms with Gasteiger partial charge in [-0.3, -0.25) is 10.1 Å². The summed E-state index contributed by atoms with van der Waals surface area (Å²) < 4.78 is 17.9. The third kappa shape index (κ3) is 2.02. The van der Waals surface area contributed by atoms with E-state index in [4.69, 9.17) is 10.00 Å². The molecule has 0 aromatic heterocycles. The second kappa shape index (κ2) is 4.37. The van der Waals surface area contributed by atoms with Gasteiger partial charge >= 0.3 is 5.69 Å². The molecule has 0 fully saturated rings. The molecule has 5 nitrogen and oxygen atoms in total. The quantitative estimate of drug-likeness (QED) is 0.563. The molecular formula is C9H7FN2O3. The SMILES string of the molecule is COc1ccc(F)c(CC#N)c1[N+](=O)[O-]. The van der Waals surface area contributed by atoms with Crippen LogP contribution in [0.4, 0.5) is 10.1 Å². The maximum absolute atomic E-state index is 13.2. The van der Waals surface area contributed by atoms with Crippen molar-refractivity contribution in [3.05, 3.63) is 33.6 Å². The zero-order valence-electron chi connectivity index (χ0n) is 7.86. The van der Waals surface area contributed by atoms with Gasteiger partial charge in [-0.2, -0.15) is 5.26 Å². The molecule has 0 spiro atoms. The maximum atomic E-state index is 13.2. The number of ether oxygens (including phenoxy) is 1. The largest absolute Gasteiger partial charge is 0.490 e. The minimum absolute atomic E-state index is 0.0494. The van der Waals surface area contributed by atoms with Crippen LogP contribution in [0.25, 0.3) is 0 Å². The van der Waals surface area contributed by atoms with Crippen molar-refractivity contribution in [2.24, 2.45) is 0 Å². The van der Waals surface area contributed by atoms with E-state index in [1.807, 2.05) is 0 Å². The highest BCUT2D eigenvalue weighted by atomic mass is 19.1. The Balaban J connectivity index is 3.45. The molecule has 1 rings (SSSR count). The standard InChI is InChI=1S/C9H7FN2O3/c1-15-8-3-2-7(10)6(4-5-11)9(8)12(13)14/h2-3H,4H2,1H3. The van der Waals surface area contributed by atoms with Gasteiger partial charge in [0.1, 0.15) is 5.82 Å². The maximum Gasteiger partial charge on any atom is 0.318 e. The van der Waals surface area contributed by atoms with Crippen molar-refractivity contribution in [2.75, 3.05) is 7.11 Å². The molecule has 6 heteroatoms. The molecule has 0 saturated heterocycles. The number of nitro groups is 1. The highest BCUT2D eigenvalue weighted by Crippen LogP contribution is 2.32. The third-order valence-electron chi connectivity index (χ3n) is 1.85. The fourth-order valence-electron chi connectivity index (χ4n) is 1.20. The second-order valence-corrected chi connectivity index (χ2v) is 2.67. The molecule has 0 aliphatic rings. The fourth-order valence-corrected chi connectivity index (χ4v) is 1.20. The van der Waals surface area contributed by atoms with Gasteiger partial charge in [-0.1, -0.05) is 0 Å². The van der Waals surface area contributed by atoms with Crippen molar-refractivity contribution in [3.63, 3.8) is 0 Å². The lowest BCUT2D eigenvalue weighted by Gasteiger charge is -2.05. The van der Waals surface area contributed by atoms with E-state index in [1.54, 1.807) is 6.07 Å². The molecule has 0 radical (unpaired) electrons. The van der Waals surface area contributed by atoms with Crippen molar-refractivity contribution >= 4 is 5.69 Å². The molecule has 1 aromatic carbocycles. The van der Waals surface area contributed by atoms with E-state index in [9.17, 15) is 14.5 Å². The van der Waals surface area contributed by atoms with E-state index >= 15 is 0 Å². The molecule has 0 saturated carbocycles. The van der Waals surface area contributed by atoms with Crippen molar-refractivity contribution in [2.45, 2.75) is 6.42 Å². The second-order valence-electron chi connectivity index (χ2n) is 2.67. The number of nitriles is 1. The number of methoxy groups -OCH3 is 1. The number of hydrogen-bond acceptors (Lipinski definition) is 4. The van der Waals surface area contributed by atoms with Crippen LogP contribution in [0.1, 0.15) is 5.56 Å². The van der Waals surface area contributed by atoms with Gasteiger partial charge in [-0.15, -0.1) is 0 Å². The Kier molecular flexibility index (Phi) is 3.18. The Morgan fingerprint density at radius 3 is 2.80 bits per heavy atom. The summed E-state index contributed by atoms with van der Waals surface area (Å²) in [5.41, 5.74) is -0.735. The van der Waals surface area contributed by atoms with Gasteiger partial charge in [0.2, 0.25) is 0 Å². The minimum Gasteiger partial charge on any atom is -0.490 e. The van der Waals surface area contributed by atoms with Crippen LogP contribution in [0.5, 0.6) is 5.75 Å². The predicted molar refractivity (Wildman–Crippen MR) is 48.9 cm³/mol. The average molecular weight is 210 g/mol. The summed E-state index contributed by atoms with van der Waals surface area (Å²) >= 11 is 0. The molecule has 78 valence electrons. The lowest BCUT2D eigenvalue weighted by molar-refractivity contribution is -0.386. The van der Waals surface area contributed by atoms with Crippen LogP contribution in [0.15, 0.2) is 12.1 Å². The highest BCUT2D eigenvalue weighted by Gasteiger charge is 2.23.